The van der Waals surface area contributed by atoms with E-state index in [1.165, 1.54) is 10.1 Å². The average molecular weight is 443 g/mol. The summed E-state index contributed by atoms with van der Waals surface area (Å²) in [5, 5.41) is 0. The number of aryl methyl sites for hydroxylation is 1. The lowest BCUT2D eigenvalue weighted by atomic mass is 10.0. The molecule has 1 fully saturated rings. The molecule has 2 aromatic carbocycles. The Morgan fingerprint density at radius 3 is 2.36 bits per heavy atom. The van der Waals surface area contributed by atoms with Gasteiger partial charge in [0.2, 0.25) is 0 Å². The third-order valence-electron chi connectivity index (χ3n) is 6.96. The fourth-order valence-corrected chi connectivity index (χ4v) is 4.97. The zero-order chi connectivity index (χ0) is 23.1. The van der Waals surface area contributed by atoms with Crippen LogP contribution < -0.4 is 11.2 Å². The van der Waals surface area contributed by atoms with E-state index in [1.54, 1.807) is 10.9 Å². The van der Waals surface area contributed by atoms with Crippen molar-refractivity contribution in [2.45, 2.75) is 65.0 Å². The van der Waals surface area contributed by atoms with E-state index in [0.717, 1.165) is 42.5 Å². The molecule has 0 radical (unpaired) electrons. The van der Waals surface area contributed by atoms with Crippen LogP contribution in [0.4, 0.5) is 0 Å². The number of imidazole rings is 1. The van der Waals surface area contributed by atoms with Gasteiger partial charge in [0.25, 0.3) is 5.56 Å². The molecule has 0 saturated heterocycles. The molecule has 2 aromatic heterocycles. The van der Waals surface area contributed by atoms with E-state index < -0.39 is 0 Å². The Bertz CT molecular complexity index is 1420. The molecular formula is C27H30N4O2. The molecule has 33 heavy (non-hydrogen) atoms. The first-order valence-electron chi connectivity index (χ1n) is 11.8. The molecule has 1 saturated carbocycles. The molecule has 5 rings (SSSR count). The topological polar surface area (TPSA) is 61.8 Å². The van der Waals surface area contributed by atoms with E-state index in [1.807, 2.05) is 41.0 Å². The molecule has 1 aliphatic carbocycles. The van der Waals surface area contributed by atoms with Gasteiger partial charge < -0.3 is 4.57 Å². The molecule has 0 N–H and O–H groups in total. The van der Waals surface area contributed by atoms with Crippen molar-refractivity contribution in [3.8, 4) is 5.69 Å². The first-order valence-corrected chi connectivity index (χ1v) is 11.8. The van der Waals surface area contributed by atoms with Crippen LogP contribution in [0.3, 0.4) is 0 Å². The van der Waals surface area contributed by atoms with Gasteiger partial charge >= 0.3 is 5.69 Å². The molecule has 2 heterocycles. The zero-order valence-electron chi connectivity index (χ0n) is 19.5. The highest BCUT2D eigenvalue weighted by Crippen LogP contribution is 2.28. The maximum absolute atomic E-state index is 13.7. The lowest BCUT2D eigenvalue weighted by Gasteiger charge is -2.17. The maximum atomic E-state index is 13.7. The normalized spacial score (nSPS) is 14.5. The Labute approximate surface area is 193 Å². The molecule has 0 amide bonds. The smallest absolute Gasteiger partial charge is 0.320 e. The predicted molar refractivity (Wildman–Crippen MR) is 131 cm³/mol. The third-order valence-corrected chi connectivity index (χ3v) is 6.96. The Hall–Kier alpha value is -3.41. The number of hydrogen-bond acceptors (Lipinski definition) is 3. The van der Waals surface area contributed by atoms with Gasteiger partial charge in [-0.15, -0.1) is 0 Å². The standard InChI is InChI=1S/C27H30N4O2/c1-18(2)20-12-14-23(15-13-20)30-25-24(26(32)31(27(30)33)22-10-6-7-11-22)29(17-28-25)16-21-9-5-4-8-19(21)3/h4-5,8-9,12-15,17-18,22H,6-7,10-11,16H2,1-3H3. The van der Waals surface area contributed by atoms with Crippen LogP contribution in [0.2, 0.25) is 0 Å². The fraction of sp³-hybridized carbons (Fsp3) is 0.370. The summed E-state index contributed by atoms with van der Waals surface area (Å²) in [7, 11) is 0. The second kappa shape index (κ2) is 8.50. The molecule has 4 aromatic rings. The summed E-state index contributed by atoms with van der Waals surface area (Å²) < 4.78 is 5.00. The van der Waals surface area contributed by atoms with Crippen molar-refractivity contribution >= 4 is 11.2 Å². The first-order chi connectivity index (χ1) is 16.0. The number of benzene rings is 2. The van der Waals surface area contributed by atoms with Crippen molar-refractivity contribution < 1.29 is 0 Å². The van der Waals surface area contributed by atoms with Crippen molar-refractivity contribution in [1.29, 1.82) is 0 Å². The summed E-state index contributed by atoms with van der Waals surface area (Å²) in [6, 6.07) is 16.1. The van der Waals surface area contributed by atoms with E-state index in [4.69, 9.17) is 0 Å². The monoisotopic (exact) mass is 442 g/mol. The van der Waals surface area contributed by atoms with Crippen molar-refractivity contribution in [3.63, 3.8) is 0 Å². The Morgan fingerprint density at radius 1 is 1.00 bits per heavy atom. The summed E-state index contributed by atoms with van der Waals surface area (Å²) in [4.78, 5) is 32.0. The fourth-order valence-electron chi connectivity index (χ4n) is 4.97. The van der Waals surface area contributed by atoms with Crippen molar-refractivity contribution in [2.24, 2.45) is 0 Å². The number of rotatable bonds is 5. The molecule has 0 unspecified atom stereocenters. The lowest BCUT2D eigenvalue weighted by molar-refractivity contribution is 0.474. The summed E-state index contributed by atoms with van der Waals surface area (Å²) in [5.74, 6) is 0.400. The lowest BCUT2D eigenvalue weighted by Crippen LogP contribution is -2.41. The van der Waals surface area contributed by atoms with Gasteiger partial charge in [0.05, 0.1) is 12.0 Å². The van der Waals surface area contributed by atoms with Crippen LogP contribution >= 0.6 is 0 Å². The minimum Gasteiger partial charge on any atom is -0.320 e. The predicted octanol–water partition coefficient (Wildman–Crippen LogP) is 4.94. The molecule has 0 spiro atoms. The van der Waals surface area contributed by atoms with E-state index in [9.17, 15) is 9.59 Å². The van der Waals surface area contributed by atoms with Crippen LogP contribution in [0.25, 0.3) is 16.9 Å². The SMILES string of the molecule is Cc1ccccc1Cn1cnc2c1c(=O)n(C1CCCC1)c(=O)n2-c1ccc(C(C)C)cc1. The minimum absolute atomic E-state index is 0.0580. The second-order valence-electron chi connectivity index (χ2n) is 9.45. The second-order valence-corrected chi connectivity index (χ2v) is 9.45. The van der Waals surface area contributed by atoms with Crippen molar-refractivity contribution in [3.05, 3.63) is 92.4 Å². The number of nitrogens with zero attached hydrogens (tertiary/aromatic N) is 4. The quantitative estimate of drug-likeness (QED) is 0.440. The summed E-state index contributed by atoms with van der Waals surface area (Å²) in [6.45, 7) is 6.89. The number of aromatic nitrogens is 4. The van der Waals surface area contributed by atoms with Crippen LogP contribution in [-0.4, -0.2) is 18.7 Å². The number of hydrogen-bond donors (Lipinski definition) is 0. The highest BCUT2D eigenvalue weighted by Gasteiger charge is 2.26. The van der Waals surface area contributed by atoms with Gasteiger partial charge in [-0.3, -0.25) is 9.36 Å². The summed E-state index contributed by atoms with van der Waals surface area (Å²) >= 11 is 0. The molecule has 0 aliphatic heterocycles. The largest absolute Gasteiger partial charge is 0.337 e. The molecule has 0 bridgehead atoms. The van der Waals surface area contributed by atoms with Crippen LogP contribution in [0, 0.1) is 6.92 Å². The Morgan fingerprint density at radius 2 is 1.70 bits per heavy atom. The van der Waals surface area contributed by atoms with E-state index in [2.05, 4.69) is 37.9 Å². The summed E-state index contributed by atoms with van der Waals surface area (Å²) in [6.07, 6.45) is 5.49. The minimum atomic E-state index is -0.294. The van der Waals surface area contributed by atoms with Crippen molar-refractivity contribution in [1.82, 2.24) is 18.7 Å². The molecule has 1 aliphatic rings. The maximum Gasteiger partial charge on any atom is 0.337 e. The van der Waals surface area contributed by atoms with Crippen LogP contribution in [0.1, 0.15) is 68.2 Å². The van der Waals surface area contributed by atoms with E-state index >= 15 is 0 Å². The van der Waals surface area contributed by atoms with Gasteiger partial charge in [-0.25, -0.2) is 14.3 Å². The van der Waals surface area contributed by atoms with Crippen LogP contribution in [0.15, 0.2) is 64.4 Å². The van der Waals surface area contributed by atoms with Gasteiger partial charge in [-0.1, -0.05) is 63.1 Å². The highest BCUT2D eigenvalue weighted by molar-refractivity contribution is 5.72. The molecular weight excluding hydrogens is 412 g/mol. The molecule has 170 valence electrons. The van der Waals surface area contributed by atoms with E-state index in [-0.39, 0.29) is 17.3 Å². The average Bonchev–Trinajstić information content (AvgIpc) is 3.47. The van der Waals surface area contributed by atoms with E-state index in [0.29, 0.717) is 23.6 Å². The van der Waals surface area contributed by atoms with Gasteiger partial charge in [0.15, 0.2) is 11.2 Å². The molecule has 0 atom stereocenters. The summed E-state index contributed by atoms with van der Waals surface area (Å²) in [5.41, 5.74) is 4.61. The van der Waals surface area contributed by atoms with Crippen LogP contribution in [-0.2, 0) is 6.54 Å². The van der Waals surface area contributed by atoms with Gasteiger partial charge in [-0.2, -0.15) is 0 Å². The van der Waals surface area contributed by atoms with Gasteiger partial charge in [-0.05, 0) is 54.5 Å². The highest BCUT2D eigenvalue weighted by atomic mass is 16.2. The number of fused-ring (bicyclic) bond motifs is 1. The van der Waals surface area contributed by atoms with Crippen molar-refractivity contribution in [2.75, 3.05) is 0 Å². The third kappa shape index (κ3) is 3.73. The Kier molecular flexibility index (Phi) is 5.52. The first kappa shape index (κ1) is 21.4. The zero-order valence-corrected chi connectivity index (χ0v) is 19.5. The molecule has 6 nitrogen and oxygen atoms in total. The van der Waals surface area contributed by atoms with Gasteiger partial charge in [0, 0.05) is 12.6 Å². The Balaban J connectivity index is 1.75. The molecule has 6 heteroatoms. The van der Waals surface area contributed by atoms with Gasteiger partial charge in [0.1, 0.15) is 0 Å². The van der Waals surface area contributed by atoms with Crippen LogP contribution in [0.5, 0.6) is 0 Å².